The highest BCUT2D eigenvalue weighted by Gasteiger charge is 2.32. The fourth-order valence-corrected chi connectivity index (χ4v) is 2.99. The van der Waals surface area contributed by atoms with Crippen LogP contribution in [0.1, 0.15) is 35.7 Å². The summed E-state index contributed by atoms with van der Waals surface area (Å²) in [7, 11) is 0. The molecule has 0 saturated carbocycles. The van der Waals surface area contributed by atoms with Crippen LogP contribution >= 0.6 is 11.6 Å². The van der Waals surface area contributed by atoms with Crippen molar-refractivity contribution in [1.29, 1.82) is 0 Å². The van der Waals surface area contributed by atoms with Gasteiger partial charge in [0.1, 0.15) is 6.04 Å². The van der Waals surface area contributed by atoms with Crippen molar-refractivity contribution in [2.24, 2.45) is 5.92 Å². The highest BCUT2D eigenvalue weighted by Crippen LogP contribution is 2.22. The molecule has 2 rings (SSSR count). The Hall–Kier alpha value is -1.59. The Kier molecular flexibility index (Phi) is 6.42. The summed E-state index contributed by atoms with van der Waals surface area (Å²) < 4.78 is 10.4. The molecule has 5 nitrogen and oxygen atoms in total. The lowest BCUT2D eigenvalue weighted by molar-refractivity contribution is -0.147. The van der Waals surface area contributed by atoms with Crippen LogP contribution in [-0.2, 0) is 14.3 Å². The quantitative estimate of drug-likeness (QED) is 0.838. The molecule has 6 heteroatoms. The Labute approximate surface area is 141 Å². The number of halogens is 1. The first-order valence-corrected chi connectivity index (χ1v) is 8.22. The number of carbonyl (C=O) groups is 2. The maximum Gasteiger partial charge on any atom is 0.328 e. The zero-order valence-corrected chi connectivity index (χ0v) is 14.2. The number of nitrogens with one attached hydrogen (secondary N) is 1. The third kappa shape index (κ3) is 4.69. The van der Waals surface area contributed by atoms with Crippen LogP contribution in [0.5, 0.6) is 0 Å². The van der Waals surface area contributed by atoms with E-state index in [4.69, 9.17) is 21.1 Å². The first-order chi connectivity index (χ1) is 11.0. The maximum atomic E-state index is 12.5. The van der Waals surface area contributed by atoms with Gasteiger partial charge in [0.25, 0.3) is 5.91 Å². The molecular weight excluding hydrogens is 318 g/mol. The molecule has 1 aliphatic heterocycles. The van der Waals surface area contributed by atoms with E-state index in [2.05, 4.69) is 5.32 Å². The minimum atomic E-state index is -0.677. The maximum absolute atomic E-state index is 12.5. The fraction of sp³-hybridized carbons (Fsp3) is 0.529. The van der Waals surface area contributed by atoms with Crippen LogP contribution in [0, 0.1) is 12.8 Å². The number of benzene rings is 1. The minimum Gasteiger partial charge on any atom is -0.464 e. The normalized spacial score (nSPS) is 16.7. The number of ether oxygens (including phenoxy) is 2. The molecule has 0 radical (unpaired) electrons. The molecule has 1 atom stereocenters. The Morgan fingerprint density at radius 3 is 2.70 bits per heavy atom. The Morgan fingerprint density at radius 2 is 2.09 bits per heavy atom. The summed E-state index contributed by atoms with van der Waals surface area (Å²) in [5.41, 5.74) is 1.33. The summed E-state index contributed by atoms with van der Waals surface area (Å²) in [4.78, 5) is 24.7. The average molecular weight is 340 g/mol. The van der Waals surface area contributed by atoms with Gasteiger partial charge in [-0.3, -0.25) is 4.79 Å². The van der Waals surface area contributed by atoms with Crippen LogP contribution in [0.15, 0.2) is 18.2 Å². The van der Waals surface area contributed by atoms with Gasteiger partial charge in [0.15, 0.2) is 0 Å². The van der Waals surface area contributed by atoms with Gasteiger partial charge >= 0.3 is 5.97 Å². The predicted octanol–water partition coefficient (Wildman–Crippen LogP) is 2.74. The molecular formula is C17H22ClNO4. The van der Waals surface area contributed by atoms with E-state index in [-0.39, 0.29) is 18.4 Å². The van der Waals surface area contributed by atoms with Crippen molar-refractivity contribution in [3.63, 3.8) is 0 Å². The summed E-state index contributed by atoms with van der Waals surface area (Å²) in [6.45, 7) is 5.10. The lowest BCUT2D eigenvalue weighted by Crippen LogP contribution is -2.48. The van der Waals surface area contributed by atoms with Gasteiger partial charge in [-0.2, -0.15) is 0 Å². The SMILES string of the molecule is CCOC(=O)C(NC(=O)c1ccc(C)cc1Cl)C1CCOCC1. The van der Waals surface area contributed by atoms with Gasteiger partial charge < -0.3 is 14.8 Å². The van der Waals surface area contributed by atoms with Gasteiger partial charge in [-0.1, -0.05) is 17.7 Å². The van der Waals surface area contributed by atoms with Crippen LogP contribution in [0.25, 0.3) is 0 Å². The van der Waals surface area contributed by atoms with Gasteiger partial charge in [0.05, 0.1) is 17.2 Å². The molecule has 126 valence electrons. The van der Waals surface area contributed by atoms with Crippen LogP contribution in [0.2, 0.25) is 5.02 Å². The first-order valence-electron chi connectivity index (χ1n) is 7.84. The summed E-state index contributed by atoms with van der Waals surface area (Å²) in [6.07, 6.45) is 1.43. The van der Waals surface area contributed by atoms with E-state index < -0.39 is 12.0 Å². The van der Waals surface area contributed by atoms with Crippen LogP contribution in [0.4, 0.5) is 0 Å². The molecule has 0 aromatic heterocycles. The minimum absolute atomic E-state index is 0.0102. The van der Waals surface area contributed by atoms with Gasteiger partial charge in [-0.15, -0.1) is 0 Å². The number of amides is 1. The van der Waals surface area contributed by atoms with Gasteiger partial charge in [0, 0.05) is 13.2 Å². The third-order valence-electron chi connectivity index (χ3n) is 3.93. The van der Waals surface area contributed by atoms with Gasteiger partial charge in [-0.25, -0.2) is 4.79 Å². The molecule has 1 aromatic carbocycles. The molecule has 1 aliphatic rings. The number of carbonyl (C=O) groups excluding carboxylic acids is 2. The molecule has 1 fully saturated rings. The van der Waals surface area contributed by atoms with E-state index in [1.807, 2.05) is 13.0 Å². The van der Waals surface area contributed by atoms with E-state index in [9.17, 15) is 9.59 Å². The molecule has 23 heavy (non-hydrogen) atoms. The molecule has 1 saturated heterocycles. The van der Waals surface area contributed by atoms with Crippen molar-refractivity contribution < 1.29 is 19.1 Å². The van der Waals surface area contributed by atoms with Gasteiger partial charge in [-0.05, 0) is 50.3 Å². The van der Waals surface area contributed by atoms with E-state index in [1.54, 1.807) is 19.1 Å². The summed E-state index contributed by atoms with van der Waals surface area (Å²) in [6, 6.07) is 4.53. The summed E-state index contributed by atoms with van der Waals surface area (Å²) in [5, 5.41) is 3.17. The second-order valence-electron chi connectivity index (χ2n) is 5.64. The topological polar surface area (TPSA) is 64.6 Å². The third-order valence-corrected chi connectivity index (χ3v) is 4.25. The first kappa shape index (κ1) is 17.8. The van der Waals surface area contributed by atoms with Crippen LogP contribution in [-0.4, -0.2) is 37.7 Å². The molecule has 1 aromatic rings. The Balaban J connectivity index is 2.15. The number of hydrogen-bond acceptors (Lipinski definition) is 4. The van der Waals surface area contributed by atoms with E-state index in [0.29, 0.717) is 36.6 Å². The summed E-state index contributed by atoms with van der Waals surface area (Å²) >= 11 is 6.14. The lowest BCUT2D eigenvalue weighted by atomic mass is 9.91. The van der Waals surface area contributed by atoms with Crippen molar-refractivity contribution >= 4 is 23.5 Å². The van der Waals surface area contributed by atoms with E-state index >= 15 is 0 Å². The second kappa shape index (κ2) is 8.31. The number of rotatable bonds is 5. The number of hydrogen-bond donors (Lipinski definition) is 1. The standard InChI is InChI=1S/C17H22ClNO4/c1-3-23-17(21)15(12-6-8-22-9-7-12)19-16(20)13-5-4-11(2)10-14(13)18/h4-5,10,12,15H,3,6-9H2,1-2H3,(H,19,20). The zero-order valence-electron chi connectivity index (χ0n) is 13.4. The molecule has 1 unspecified atom stereocenters. The van der Waals surface area contributed by atoms with E-state index in [0.717, 1.165) is 5.56 Å². The molecule has 1 amide bonds. The largest absolute Gasteiger partial charge is 0.464 e. The average Bonchev–Trinajstić information content (AvgIpc) is 2.53. The molecule has 0 bridgehead atoms. The van der Waals surface area contributed by atoms with Crippen LogP contribution in [0.3, 0.4) is 0 Å². The number of aryl methyl sites for hydroxylation is 1. The lowest BCUT2D eigenvalue weighted by Gasteiger charge is -2.29. The Morgan fingerprint density at radius 1 is 1.39 bits per heavy atom. The van der Waals surface area contributed by atoms with Gasteiger partial charge in [0.2, 0.25) is 0 Å². The van der Waals surface area contributed by atoms with Crippen molar-refractivity contribution in [1.82, 2.24) is 5.32 Å². The number of esters is 1. The highest BCUT2D eigenvalue weighted by atomic mass is 35.5. The van der Waals surface area contributed by atoms with Crippen molar-refractivity contribution in [2.75, 3.05) is 19.8 Å². The van der Waals surface area contributed by atoms with Crippen molar-refractivity contribution in [3.05, 3.63) is 34.3 Å². The fourth-order valence-electron chi connectivity index (χ4n) is 2.67. The Bertz CT molecular complexity index is 570. The second-order valence-corrected chi connectivity index (χ2v) is 6.04. The zero-order chi connectivity index (χ0) is 16.8. The molecule has 1 N–H and O–H groups in total. The predicted molar refractivity (Wildman–Crippen MR) is 87.6 cm³/mol. The van der Waals surface area contributed by atoms with Crippen molar-refractivity contribution in [3.8, 4) is 0 Å². The highest BCUT2D eigenvalue weighted by molar-refractivity contribution is 6.34. The molecule has 0 spiro atoms. The van der Waals surface area contributed by atoms with E-state index in [1.165, 1.54) is 0 Å². The smallest absolute Gasteiger partial charge is 0.328 e. The molecule has 0 aliphatic carbocycles. The monoisotopic (exact) mass is 339 g/mol. The molecule has 1 heterocycles. The van der Waals surface area contributed by atoms with Crippen LogP contribution < -0.4 is 5.32 Å². The summed E-state index contributed by atoms with van der Waals surface area (Å²) in [5.74, 6) is -0.758. The van der Waals surface area contributed by atoms with Crippen molar-refractivity contribution in [2.45, 2.75) is 32.7 Å².